The third-order valence-electron chi connectivity index (χ3n) is 2.54. The van der Waals surface area contributed by atoms with Gasteiger partial charge in [-0.05, 0) is 12.8 Å². The average Bonchev–Trinajstić information content (AvgIpc) is 2.34. The highest BCUT2D eigenvalue weighted by molar-refractivity contribution is 5.77. The number of carbonyl (C=O) groups excluding carboxylic acids is 1. The zero-order valence-corrected chi connectivity index (χ0v) is 11.0. The first-order valence-electron chi connectivity index (χ1n) is 5.65. The van der Waals surface area contributed by atoms with Gasteiger partial charge in [-0.2, -0.15) is 0 Å². The summed E-state index contributed by atoms with van der Waals surface area (Å²) in [5.41, 5.74) is 1.12. The number of carbonyl (C=O) groups is 1. The standard InChI is InChI=1S/C14H22NO2/c1-6-8-13(9-7-2)11-10-12(3)14(16)15(4)17-5/h6-9,12H,1-2,10-11H2,3-5H3/b13-8+/t12-/m0/s1. The van der Waals surface area contributed by atoms with E-state index in [1.165, 1.54) is 12.2 Å². The van der Waals surface area contributed by atoms with Crippen molar-refractivity contribution in [3.05, 3.63) is 43.4 Å². The molecule has 95 valence electrons. The molecule has 0 saturated carbocycles. The fourth-order valence-electron chi connectivity index (χ4n) is 1.43. The molecule has 1 amide bonds. The summed E-state index contributed by atoms with van der Waals surface area (Å²) in [5, 5.41) is 1.26. The first-order valence-corrected chi connectivity index (χ1v) is 5.65. The minimum Gasteiger partial charge on any atom is -0.275 e. The van der Waals surface area contributed by atoms with Gasteiger partial charge >= 0.3 is 0 Å². The molecule has 0 saturated heterocycles. The zero-order valence-electron chi connectivity index (χ0n) is 11.0. The van der Waals surface area contributed by atoms with Crippen LogP contribution in [0.4, 0.5) is 0 Å². The van der Waals surface area contributed by atoms with Crippen LogP contribution in [-0.2, 0) is 9.63 Å². The fraction of sp³-hybridized carbons (Fsp3) is 0.429. The van der Waals surface area contributed by atoms with Gasteiger partial charge in [0.05, 0.1) is 7.11 Å². The Kier molecular flexibility index (Phi) is 8.07. The van der Waals surface area contributed by atoms with E-state index >= 15 is 0 Å². The number of hydrogen-bond donors (Lipinski definition) is 0. The Morgan fingerprint density at radius 1 is 1.41 bits per heavy atom. The SMILES string of the molecule is C=C[CH]/C(=C\C=C)CC[C@H](C)C(=O)N(C)OC. The Morgan fingerprint density at radius 3 is 2.53 bits per heavy atom. The largest absolute Gasteiger partial charge is 0.275 e. The second kappa shape index (κ2) is 8.76. The van der Waals surface area contributed by atoms with Crippen LogP contribution in [0.3, 0.4) is 0 Å². The van der Waals surface area contributed by atoms with Crippen LogP contribution in [0.15, 0.2) is 37.0 Å². The lowest BCUT2D eigenvalue weighted by Gasteiger charge is -2.18. The lowest BCUT2D eigenvalue weighted by Crippen LogP contribution is -2.30. The molecule has 3 heteroatoms. The maximum atomic E-state index is 11.7. The zero-order chi connectivity index (χ0) is 13.3. The Hall–Kier alpha value is -1.35. The number of nitrogens with zero attached hydrogens (tertiary/aromatic N) is 1. The molecule has 3 nitrogen and oxygen atoms in total. The minimum absolute atomic E-state index is 0.0101. The van der Waals surface area contributed by atoms with E-state index < -0.39 is 0 Å². The van der Waals surface area contributed by atoms with E-state index in [-0.39, 0.29) is 11.8 Å². The van der Waals surface area contributed by atoms with Gasteiger partial charge in [-0.25, -0.2) is 5.06 Å². The van der Waals surface area contributed by atoms with Crippen molar-refractivity contribution < 1.29 is 9.63 Å². The van der Waals surface area contributed by atoms with Crippen LogP contribution in [0.5, 0.6) is 0 Å². The average molecular weight is 236 g/mol. The summed E-state index contributed by atoms with van der Waals surface area (Å²) in [6.45, 7) is 9.22. The van der Waals surface area contributed by atoms with Gasteiger partial charge in [-0.1, -0.05) is 37.3 Å². The van der Waals surface area contributed by atoms with Crippen molar-refractivity contribution in [2.75, 3.05) is 14.2 Å². The maximum absolute atomic E-state index is 11.7. The second-order valence-corrected chi connectivity index (χ2v) is 3.84. The van der Waals surface area contributed by atoms with Crippen LogP contribution < -0.4 is 0 Å². The van der Waals surface area contributed by atoms with Gasteiger partial charge < -0.3 is 0 Å². The summed E-state index contributed by atoms with van der Waals surface area (Å²) in [6, 6.07) is 0. The molecule has 0 N–H and O–H groups in total. The molecule has 1 radical (unpaired) electrons. The summed E-state index contributed by atoms with van der Waals surface area (Å²) in [4.78, 5) is 16.6. The highest BCUT2D eigenvalue weighted by Gasteiger charge is 2.17. The number of amides is 1. The molecule has 0 aliphatic carbocycles. The molecule has 0 spiro atoms. The van der Waals surface area contributed by atoms with E-state index in [1.54, 1.807) is 19.2 Å². The summed E-state index contributed by atoms with van der Waals surface area (Å²) >= 11 is 0. The lowest BCUT2D eigenvalue weighted by atomic mass is 9.98. The minimum atomic E-state index is -0.0635. The summed E-state index contributed by atoms with van der Waals surface area (Å²) < 4.78 is 0. The highest BCUT2D eigenvalue weighted by atomic mass is 16.7. The van der Waals surface area contributed by atoms with Gasteiger partial charge in [0.2, 0.25) is 5.91 Å². The van der Waals surface area contributed by atoms with E-state index in [0.29, 0.717) is 0 Å². The smallest absolute Gasteiger partial charge is 0.248 e. The summed E-state index contributed by atoms with van der Waals surface area (Å²) in [5.74, 6) is -0.0737. The van der Waals surface area contributed by atoms with Gasteiger partial charge in [-0.15, -0.1) is 6.58 Å². The predicted molar refractivity (Wildman–Crippen MR) is 71.0 cm³/mol. The predicted octanol–water partition coefficient (Wildman–Crippen LogP) is 2.93. The van der Waals surface area contributed by atoms with Crippen molar-refractivity contribution in [3.63, 3.8) is 0 Å². The second-order valence-electron chi connectivity index (χ2n) is 3.84. The van der Waals surface area contributed by atoms with E-state index in [9.17, 15) is 4.79 Å². The molecular formula is C14H22NO2. The molecule has 0 aliphatic heterocycles. The Balaban J connectivity index is 4.25. The molecule has 0 aliphatic rings. The fourth-order valence-corrected chi connectivity index (χ4v) is 1.43. The molecule has 0 aromatic heterocycles. The van der Waals surface area contributed by atoms with Gasteiger partial charge in [-0.3, -0.25) is 9.63 Å². The Morgan fingerprint density at radius 2 is 2.06 bits per heavy atom. The number of allylic oxidation sites excluding steroid dienone is 4. The molecule has 0 heterocycles. The van der Waals surface area contributed by atoms with Crippen LogP contribution in [0, 0.1) is 12.3 Å². The van der Waals surface area contributed by atoms with Crippen LogP contribution >= 0.6 is 0 Å². The normalized spacial score (nSPS) is 13.0. The Bertz CT molecular complexity index is 295. The van der Waals surface area contributed by atoms with E-state index in [0.717, 1.165) is 18.4 Å². The first-order chi connectivity index (χ1) is 8.06. The monoisotopic (exact) mass is 236 g/mol. The molecule has 17 heavy (non-hydrogen) atoms. The van der Waals surface area contributed by atoms with E-state index in [2.05, 4.69) is 13.2 Å². The van der Waals surface area contributed by atoms with Crippen molar-refractivity contribution in [1.82, 2.24) is 5.06 Å². The molecule has 0 bridgehead atoms. The highest BCUT2D eigenvalue weighted by Crippen LogP contribution is 2.16. The molecule has 0 aromatic carbocycles. The molecule has 1 atom stereocenters. The number of rotatable bonds is 8. The van der Waals surface area contributed by atoms with E-state index in [1.807, 2.05) is 19.4 Å². The lowest BCUT2D eigenvalue weighted by molar-refractivity contribution is -0.173. The van der Waals surface area contributed by atoms with Crippen molar-refractivity contribution >= 4 is 5.91 Å². The van der Waals surface area contributed by atoms with Crippen LogP contribution in [0.1, 0.15) is 19.8 Å². The summed E-state index contributed by atoms with van der Waals surface area (Å²) in [6.07, 6.45) is 8.93. The molecule has 0 aromatic rings. The van der Waals surface area contributed by atoms with Crippen molar-refractivity contribution in [1.29, 1.82) is 0 Å². The third-order valence-corrected chi connectivity index (χ3v) is 2.54. The maximum Gasteiger partial charge on any atom is 0.248 e. The van der Waals surface area contributed by atoms with Crippen molar-refractivity contribution in [2.24, 2.45) is 5.92 Å². The molecular weight excluding hydrogens is 214 g/mol. The van der Waals surface area contributed by atoms with Crippen LogP contribution in [0.2, 0.25) is 0 Å². The number of hydroxylamine groups is 2. The van der Waals surface area contributed by atoms with Gasteiger partial charge in [0, 0.05) is 19.4 Å². The summed E-state index contributed by atoms with van der Waals surface area (Å²) in [7, 11) is 3.11. The van der Waals surface area contributed by atoms with Crippen molar-refractivity contribution in [2.45, 2.75) is 19.8 Å². The van der Waals surface area contributed by atoms with Gasteiger partial charge in [0.15, 0.2) is 0 Å². The van der Waals surface area contributed by atoms with Crippen molar-refractivity contribution in [3.8, 4) is 0 Å². The molecule has 0 rings (SSSR count). The van der Waals surface area contributed by atoms with Crippen LogP contribution in [0.25, 0.3) is 0 Å². The number of hydrogen-bond acceptors (Lipinski definition) is 2. The first kappa shape index (κ1) is 15.7. The molecule has 0 unspecified atom stereocenters. The van der Waals surface area contributed by atoms with E-state index in [4.69, 9.17) is 4.84 Å². The topological polar surface area (TPSA) is 29.5 Å². The Labute approximate surface area is 104 Å². The quantitative estimate of drug-likeness (QED) is 0.479. The van der Waals surface area contributed by atoms with Crippen LogP contribution in [-0.4, -0.2) is 25.1 Å². The third kappa shape index (κ3) is 6.07. The van der Waals surface area contributed by atoms with Gasteiger partial charge in [0.25, 0.3) is 0 Å². The van der Waals surface area contributed by atoms with Gasteiger partial charge in [0.1, 0.15) is 0 Å². The molecule has 0 fully saturated rings.